The van der Waals surface area contributed by atoms with Gasteiger partial charge in [0.1, 0.15) is 48.0 Å². The second kappa shape index (κ2) is 24.4. The highest BCUT2D eigenvalue weighted by molar-refractivity contribution is 6.00. The predicted octanol–water partition coefficient (Wildman–Crippen LogP) is 7.36. The van der Waals surface area contributed by atoms with Gasteiger partial charge in [-0.3, -0.25) is 4.90 Å². The number of benzene rings is 4. The maximum absolute atomic E-state index is 6.38. The van der Waals surface area contributed by atoms with Crippen LogP contribution in [0.5, 0.6) is 11.5 Å². The van der Waals surface area contributed by atoms with E-state index in [0.717, 1.165) is 171 Å². The average molecular weight is 1010 g/mol. The zero-order chi connectivity index (χ0) is 51.3. The first-order valence-electron chi connectivity index (χ1n) is 25.4. The van der Waals surface area contributed by atoms with E-state index in [1.54, 1.807) is 12.4 Å². The summed E-state index contributed by atoms with van der Waals surface area (Å²) in [5, 5.41) is 8.13. The van der Waals surface area contributed by atoms with Crippen LogP contribution in [-0.2, 0) is 14.2 Å². The number of nitrogens with one attached hydrogen (secondary N) is 2. The van der Waals surface area contributed by atoms with Gasteiger partial charge < -0.3 is 60.5 Å². The van der Waals surface area contributed by atoms with E-state index in [4.69, 9.17) is 45.1 Å². The Kier molecular flexibility index (Phi) is 16.5. The second-order valence-electron chi connectivity index (χ2n) is 18.5. The van der Waals surface area contributed by atoms with Crippen molar-refractivity contribution in [1.82, 2.24) is 39.7 Å². The molecule has 0 saturated carbocycles. The number of morpholine rings is 3. The lowest BCUT2D eigenvalue weighted by atomic mass is 10.0. The van der Waals surface area contributed by atoms with Crippen LogP contribution in [0.15, 0.2) is 122 Å². The van der Waals surface area contributed by atoms with Crippen LogP contribution in [0, 0.1) is 0 Å². The van der Waals surface area contributed by atoms with Crippen molar-refractivity contribution in [2.24, 2.45) is 0 Å². The molecule has 0 radical (unpaired) electrons. The van der Waals surface area contributed by atoms with Crippen LogP contribution in [0.25, 0.3) is 44.1 Å². The van der Waals surface area contributed by atoms with Gasteiger partial charge in [-0.2, -0.15) is 9.97 Å². The summed E-state index contributed by atoms with van der Waals surface area (Å²) in [6.07, 6.45) is 3.58. The number of aromatic nitrogens is 6. The number of nitrogens with zero attached hydrogens (tertiary/aromatic N) is 10. The van der Waals surface area contributed by atoms with Crippen molar-refractivity contribution in [3.05, 3.63) is 122 Å². The molecule has 0 aliphatic carbocycles. The minimum atomic E-state index is 0.417. The molecule has 7 heterocycles. The van der Waals surface area contributed by atoms with Gasteiger partial charge in [-0.1, -0.05) is 48.5 Å². The summed E-state index contributed by atoms with van der Waals surface area (Å²) in [6, 6.07) is 36.0. The number of nitrogen functional groups attached to an aromatic ring is 2. The van der Waals surface area contributed by atoms with E-state index in [1.165, 1.54) is 0 Å². The Morgan fingerprint density at radius 3 is 1.44 bits per heavy atom. The number of rotatable bonds is 16. The van der Waals surface area contributed by atoms with Crippen LogP contribution in [0.3, 0.4) is 0 Å². The van der Waals surface area contributed by atoms with Crippen LogP contribution >= 0.6 is 0 Å². The van der Waals surface area contributed by atoms with Crippen molar-refractivity contribution < 1.29 is 23.7 Å². The van der Waals surface area contributed by atoms with Crippen LogP contribution in [0.2, 0.25) is 0 Å². The molecule has 0 spiro atoms. The number of fused-ring (bicyclic) bond motifs is 2. The first-order valence-corrected chi connectivity index (χ1v) is 25.4. The monoisotopic (exact) mass is 1010 g/mol. The number of para-hydroxylation sites is 2. The van der Waals surface area contributed by atoms with Crippen LogP contribution in [-0.4, -0.2) is 159 Å². The Morgan fingerprint density at radius 1 is 0.533 bits per heavy atom. The standard InChI is InChI=1S/C29H33N7O3.C27H31N7O2/c30-28-25-6-2-5-24(21-3-1-4-23(19-21)39-18-11-35-9-14-37-15-10-35)27(25)33-29(34-28)32-22-7-8-26(31-20-22)36-12-16-38-17-13-36;1-33(2)11-16-36-21-6-3-5-19(17-21)22-7-4-8-23-25(22)31-27(32-26(23)28)30-20-9-10-24(29-18-20)34-12-14-35-15-13-34/h1-8,19-20H,9-18H2,(H3,30,32,33,34);3-10,17-18H,11-16H2,1-2H3,(H3,28,30,31,32). The van der Waals surface area contributed by atoms with Gasteiger partial charge in [-0.25, -0.2) is 19.9 Å². The van der Waals surface area contributed by atoms with E-state index in [0.29, 0.717) is 36.7 Å². The Labute approximate surface area is 436 Å². The first kappa shape index (κ1) is 50.6. The highest BCUT2D eigenvalue weighted by Crippen LogP contribution is 2.35. The summed E-state index contributed by atoms with van der Waals surface area (Å²) in [6.45, 7) is 12.7. The molecule has 0 unspecified atom stereocenters. The molecule has 3 aliphatic heterocycles. The zero-order valence-electron chi connectivity index (χ0n) is 42.5. The lowest BCUT2D eigenvalue weighted by Crippen LogP contribution is -2.38. The van der Waals surface area contributed by atoms with Crippen LogP contribution in [0.1, 0.15) is 0 Å². The van der Waals surface area contributed by atoms with Crippen molar-refractivity contribution in [3.8, 4) is 33.8 Å². The van der Waals surface area contributed by atoms with E-state index >= 15 is 0 Å². The first-order chi connectivity index (χ1) is 36.8. The summed E-state index contributed by atoms with van der Waals surface area (Å²) < 4.78 is 28.3. The Hall–Kier alpha value is -7.94. The maximum atomic E-state index is 6.38. The van der Waals surface area contributed by atoms with Gasteiger partial charge in [0.2, 0.25) is 11.9 Å². The third-order valence-electron chi connectivity index (χ3n) is 13.1. The summed E-state index contributed by atoms with van der Waals surface area (Å²) in [5.41, 5.74) is 19.8. The number of likely N-dealkylation sites (N-methyl/N-ethyl adjacent to an activating group) is 1. The van der Waals surface area contributed by atoms with E-state index in [2.05, 4.69) is 56.2 Å². The lowest BCUT2D eigenvalue weighted by molar-refractivity contribution is 0.0322. The Bertz CT molecular complexity index is 3150. The van der Waals surface area contributed by atoms with Gasteiger partial charge in [-0.15, -0.1) is 0 Å². The van der Waals surface area contributed by atoms with Gasteiger partial charge in [0.15, 0.2) is 0 Å². The summed E-state index contributed by atoms with van der Waals surface area (Å²) in [4.78, 5) is 36.8. The smallest absolute Gasteiger partial charge is 0.229 e. The minimum Gasteiger partial charge on any atom is -0.492 e. The molecular weight excluding hydrogens is 949 g/mol. The molecule has 19 heteroatoms. The fraction of sp³-hybridized carbons (Fsp3) is 0.321. The normalized spacial score (nSPS) is 15.1. The number of hydrogen-bond donors (Lipinski definition) is 4. The zero-order valence-corrected chi connectivity index (χ0v) is 42.5. The molecule has 19 nitrogen and oxygen atoms in total. The summed E-state index contributed by atoms with van der Waals surface area (Å²) in [5.74, 6) is 5.18. The molecule has 11 rings (SSSR count). The van der Waals surface area contributed by atoms with Crippen molar-refractivity contribution in [1.29, 1.82) is 0 Å². The molecule has 8 aromatic rings. The van der Waals surface area contributed by atoms with Crippen LogP contribution in [0.4, 0.5) is 46.5 Å². The summed E-state index contributed by atoms with van der Waals surface area (Å²) in [7, 11) is 4.06. The fourth-order valence-electron chi connectivity index (χ4n) is 9.04. The molecule has 3 fully saturated rings. The average Bonchev–Trinajstić information content (AvgIpc) is 3.44. The molecule has 388 valence electrons. The van der Waals surface area contributed by atoms with Gasteiger partial charge in [-0.05, 0) is 85.9 Å². The highest BCUT2D eigenvalue weighted by Gasteiger charge is 2.17. The number of ether oxygens (including phenoxy) is 5. The molecule has 4 aromatic carbocycles. The predicted molar refractivity (Wildman–Crippen MR) is 297 cm³/mol. The number of anilines is 8. The Morgan fingerprint density at radius 2 is 0.987 bits per heavy atom. The molecule has 3 aliphatic rings. The van der Waals surface area contributed by atoms with E-state index in [9.17, 15) is 0 Å². The quantitative estimate of drug-likeness (QED) is 0.0744. The lowest BCUT2D eigenvalue weighted by Gasteiger charge is -2.27. The third kappa shape index (κ3) is 13.1. The fourth-order valence-corrected chi connectivity index (χ4v) is 9.04. The molecule has 6 N–H and O–H groups in total. The number of hydrogen-bond acceptors (Lipinski definition) is 19. The minimum absolute atomic E-state index is 0.417. The maximum Gasteiger partial charge on any atom is 0.229 e. The topological polar surface area (TPSA) is 213 Å². The molecule has 0 atom stereocenters. The highest BCUT2D eigenvalue weighted by atomic mass is 16.5. The van der Waals surface area contributed by atoms with Crippen molar-refractivity contribution in [2.45, 2.75) is 0 Å². The van der Waals surface area contributed by atoms with Gasteiger partial charge in [0.05, 0.1) is 74.4 Å². The van der Waals surface area contributed by atoms with Crippen molar-refractivity contribution >= 4 is 68.3 Å². The summed E-state index contributed by atoms with van der Waals surface area (Å²) >= 11 is 0. The SMILES string of the molecule is CN(C)CCOc1cccc(-c2cccc3c(N)nc(Nc4ccc(N5CCOCC5)nc4)nc23)c1.Nc1nc(Nc2ccc(N3CCOCC3)nc2)nc2c(-c3cccc(OCCN4CCOCC4)c3)cccc12. The molecule has 75 heavy (non-hydrogen) atoms. The molecule has 3 saturated heterocycles. The van der Waals surface area contributed by atoms with E-state index in [-0.39, 0.29) is 0 Å². The van der Waals surface area contributed by atoms with E-state index < -0.39 is 0 Å². The third-order valence-corrected chi connectivity index (χ3v) is 13.1. The second-order valence-corrected chi connectivity index (χ2v) is 18.5. The number of pyridine rings is 2. The largest absolute Gasteiger partial charge is 0.492 e. The van der Waals surface area contributed by atoms with Gasteiger partial charge >= 0.3 is 0 Å². The molecule has 4 aromatic heterocycles. The van der Waals surface area contributed by atoms with E-state index in [1.807, 2.05) is 117 Å². The molecule has 0 amide bonds. The van der Waals surface area contributed by atoms with Gasteiger partial charge in [0, 0.05) is 74.3 Å². The molecular formula is C56H64N14O5. The number of nitrogens with two attached hydrogens (primary N) is 2. The Balaban J connectivity index is 0.000000172. The van der Waals surface area contributed by atoms with Crippen molar-refractivity contribution in [3.63, 3.8) is 0 Å². The molecule has 0 bridgehead atoms. The van der Waals surface area contributed by atoms with Crippen LogP contribution < -0.4 is 41.4 Å². The van der Waals surface area contributed by atoms with Crippen molar-refractivity contribution in [2.75, 3.05) is 151 Å². The van der Waals surface area contributed by atoms with Gasteiger partial charge in [0.25, 0.3) is 0 Å².